The number of benzene rings is 1. The first-order valence-corrected chi connectivity index (χ1v) is 10.2. The number of hydrogen-bond acceptors (Lipinski definition) is 3. The van der Waals surface area contributed by atoms with Gasteiger partial charge >= 0.3 is 6.18 Å². The third-order valence-corrected chi connectivity index (χ3v) is 6.12. The Labute approximate surface area is 163 Å². The van der Waals surface area contributed by atoms with E-state index in [1.807, 2.05) is 0 Å². The Bertz CT molecular complexity index is 729. The van der Waals surface area contributed by atoms with Crippen LogP contribution in [0.4, 0.5) is 13.2 Å². The molecule has 0 radical (unpaired) electrons. The van der Waals surface area contributed by atoms with Gasteiger partial charge in [-0.25, -0.2) is 0 Å². The molecule has 1 amide bonds. The van der Waals surface area contributed by atoms with Gasteiger partial charge in [0.1, 0.15) is 0 Å². The van der Waals surface area contributed by atoms with Gasteiger partial charge in [-0.15, -0.1) is 0 Å². The van der Waals surface area contributed by atoms with Gasteiger partial charge in [0.25, 0.3) is 5.91 Å². The summed E-state index contributed by atoms with van der Waals surface area (Å²) in [5.74, 6) is 0.0727. The highest BCUT2D eigenvalue weighted by Gasteiger charge is 2.41. The Morgan fingerprint density at radius 3 is 2.54 bits per heavy atom. The van der Waals surface area contributed by atoms with Crippen LogP contribution in [0, 0.1) is 5.92 Å². The number of halogens is 3. The maximum absolute atomic E-state index is 13.5. The number of alkyl halides is 3. The van der Waals surface area contributed by atoms with E-state index < -0.39 is 17.6 Å². The molecular weight excluding hydrogens is 369 g/mol. The summed E-state index contributed by atoms with van der Waals surface area (Å²) in [5.41, 5.74) is -0.378. The molecule has 3 fully saturated rings. The van der Waals surface area contributed by atoms with Crippen molar-refractivity contribution in [3.63, 3.8) is 0 Å². The molecule has 1 aromatic rings. The van der Waals surface area contributed by atoms with Gasteiger partial charge in [-0.05, 0) is 68.6 Å². The predicted octanol–water partition coefficient (Wildman–Crippen LogP) is 3.86. The summed E-state index contributed by atoms with van der Waals surface area (Å²) in [5, 5.41) is 6.56. The molecule has 0 aromatic heterocycles. The third kappa shape index (κ3) is 4.35. The van der Waals surface area contributed by atoms with Gasteiger partial charge in [-0.1, -0.05) is 6.07 Å². The number of hydrogen-bond donors (Lipinski definition) is 2. The molecule has 1 saturated heterocycles. The normalized spacial score (nSPS) is 26.7. The van der Waals surface area contributed by atoms with Gasteiger partial charge in [0.2, 0.25) is 0 Å². The minimum absolute atomic E-state index is 0.0727. The maximum atomic E-state index is 13.5. The zero-order valence-electron chi connectivity index (χ0n) is 16.0. The van der Waals surface area contributed by atoms with Crippen LogP contribution in [0.5, 0.6) is 0 Å². The molecule has 4 rings (SSSR count). The predicted molar refractivity (Wildman–Crippen MR) is 99.2 cm³/mol. The molecule has 2 aliphatic carbocycles. The first-order chi connectivity index (χ1) is 13.3. The van der Waals surface area contributed by atoms with Crippen molar-refractivity contribution in [2.75, 3.05) is 13.2 Å². The van der Waals surface area contributed by atoms with Crippen molar-refractivity contribution < 1.29 is 22.7 Å². The van der Waals surface area contributed by atoms with Crippen molar-refractivity contribution in [3.05, 3.63) is 34.9 Å². The van der Waals surface area contributed by atoms with E-state index in [-0.39, 0.29) is 29.1 Å². The van der Waals surface area contributed by atoms with Crippen LogP contribution in [0.1, 0.15) is 66.4 Å². The molecule has 1 aromatic carbocycles. The summed E-state index contributed by atoms with van der Waals surface area (Å²) >= 11 is 0. The fraction of sp³-hybridized carbons (Fsp3) is 0.667. The molecule has 2 N–H and O–H groups in total. The number of carbonyl (C=O) groups excluding carboxylic acids is 1. The Balaban J connectivity index is 1.52. The van der Waals surface area contributed by atoms with E-state index in [0.29, 0.717) is 38.0 Å². The molecule has 4 nitrogen and oxygen atoms in total. The topological polar surface area (TPSA) is 50.4 Å². The molecule has 3 atom stereocenters. The summed E-state index contributed by atoms with van der Waals surface area (Å²) in [7, 11) is 0. The van der Waals surface area contributed by atoms with E-state index in [4.69, 9.17) is 4.74 Å². The van der Waals surface area contributed by atoms with Gasteiger partial charge < -0.3 is 15.4 Å². The summed E-state index contributed by atoms with van der Waals surface area (Å²) in [6, 6.07) is 4.12. The van der Waals surface area contributed by atoms with Crippen molar-refractivity contribution in [1.82, 2.24) is 10.6 Å². The summed E-state index contributed by atoms with van der Waals surface area (Å²) in [6.45, 7) is 3.15. The Kier molecular flexibility index (Phi) is 5.40. The van der Waals surface area contributed by atoms with Crippen LogP contribution in [0.3, 0.4) is 0 Å². The smallest absolute Gasteiger partial charge is 0.379 e. The van der Waals surface area contributed by atoms with Gasteiger partial charge in [0, 0.05) is 24.3 Å². The van der Waals surface area contributed by atoms with E-state index in [9.17, 15) is 18.0 Å². The molecule has 154 valence electrons. The first kappa shape index (κ1) is 19.7. The Hall–Kier alpha value is -1.60. The number of nitrogens with one attached hydrogen (secondary N) is 2. The average molecular weight is 396 g/mol. The first-order valence-electron chi connectivity index (χ1n) is 10.2. The van der Waals surface area contributed by atoms with Gasteiger partial charge in [0.15, 0.2) is 0 Å². The molecule has 0 bridgehead atoms. The minimum atomic E-state index is -4.45. The summed E-state index contributed by atoms with van der Waals surface area (Å²) < 4.78 is 45.9. The largest absolute Gasteiger partial charge is 0.416 e. The lowest BCUT2D eigenvalue weighted by Crippen LogP contribution is -2.57. The van der Waals surface area contributed by atoms with Crippen LogP contribution >= 0.6 is 0 Å². The number of rotatable bonds is 6. The highest BCUT2D eigenvalue weighted by molar-refractivity contribution is 5.96. The molecular formula is C21H27F3N2O2. The summed E-state index contributed by atoms with van der Waals surface area (Å²) in [6.07, 6.45) is 0.171. The van der Waals surface area contributed by atoms with Crippen LogP contribution in [0.15, 0.2) is 18.2 Å². The van der Waals surface area contributed by atoms with E-state index >= 15 is 0 Å². The highest BCUT2D eigenvalue weighted by Crippen LogP contribution is 2.47. The fourth-order valence-corrected chi connectivity index (χ4v) is 4.22. The third-order valence-electron chi connectivity index (χ3n) is 6.12. The second-order valence-electron chi connectivity index (χ2n) is 8.38. The Morgan fingerprint density at radius 2 is 1.89 bits per heavy atom. The highest BCUT2D eigenvalue weighted by atomic mass is 19.4. The fourth-order valence-electron chi connectivity index (χ4n) is 4.22. The maximum Gasteiger partial charge on any atom is 0.416 e. The molecule has 2 saturated carbocycles. The molecule has 3 aliphatic rings. The molecule has 0 spiro atoms. The van der Waals surface area contributed by atoms with Crippen molar-refractivity contribution in [3.8, 4) is 0 Å². The lowest BCUT2D eigenvalue weighted by molar-refractivity contribution is -0.138. The molecule has 7 heteroatoms. The number of amides is 1. The standard InChI is InChI=1S/C21H27F3N2O2/c1-12(13-5-6-13)25-17-9-10-28-11-18(17)26-20(27)15-3-2-4-16(21(22,23)24)19(15)14-7-8-14/h2-4,12-14,17-18,25H,5-11H2,1H3,(H,26,27). The number of carbonyl (C=O) groups is 1. The molecule has 1 heterocycles. The van der Waals surface area contributed by atoms with Crippen LogP contribution < -0.4 is 10.6 Å². The van der Waals surface area contributed by atoms with Crippen molar-refractivity contribution in [2.45, 2.75) is 69.2 Å². The zero-order valence-corrected chi connectivity index (χ0v) is 16.0. The minimum Gasteiger partial charge on any atom is -0.379 e. The van der Waals surface area contributed by atoms with Gasteiger partial charge in [0.05, 0.1) is 18.2 Å². The van der Waals surface area contributed by atoms with Crippen LogP contribution in [-0.2, 0) is 10.9 Å². The average Bonchev–Trinajstić information content (AvgIpc) is 3.55. The Morgan fingerprint density at radius 1 is 1.14 bits per heavy atom. The SMILES string of the molecule is CC(NC1CCOCC1NC(=O)c1cccc(C(F)(F)F)c1C1CC1)C1CC1. The lowest BCUT2D eigenvalue weighted by Gasteiger charge is -2.35. The van der Waals surface area contributed by atoms with Crippen LogP contribution in [-0.4, -0.2) is 37.2 Å². The van der Waals surface area contributed by atoms with Gasteiger partial charge in [-0.3, -0.25) is 4.79 Å². The summed E-state index contributed by atoms with van der Waals surface area (Å²) in [4.78, 5) is 13.0. The van der Waals surface area contributed by atoms with E-state index in [0.717, 1.165) is 12.5 Å². The second kappa shape index (κ2) is 7.67. The molecule has 1 aliphatic heterocycles. The van der Waals surface area contributed by atoms with Crippen molar-refractivity contribution >= 4 is 5.91 Å². The van der Waals surface area contributed by atoms with Crippen LogP contribution in [0.25, 0.3) is 0 Å². The monoisotopic (exact) mass is 396 g/mol. The zero-order chi connectivity index (χ0) is 19.9. The second-order valence-corrected chi connectivity index (χ2v) is 8.38. The number of ether oxygens (including phenoxy) is 1. The lowest BCUT2D eigenvalue weighted by atomic mass is 9.95. The van der Waals surface area contributed by atoms with Crippen LogP contribution in [0.2, 0.25) is 0 Å². The van der Waals surface area contributed by atoms with E-state index in [2.05, 4.69) is 17.6 Å². The quantitative estimate of drug-likeness (QED) is 0.768. The van der Waals surface area contributed by atoms with E-state index in [1.165, 1.54) is 25.0 Å². The van der Waals surface area contributed by atoms with Crippen molar-refractivity contribution in [2.24, 2.45) is 5.92 Å². The van der Waals surface area contributed by atoms with Crippen molar-refractivity contribution in [1.29, 1.82) is 0 Å². The molecule has 3 unspecified atom stereocenters. The van der Waals surface area contributed by atoms with Gasteiger partial charge in [-0.2, -0.15) is 13.2 Å². The molecule has 28 heavy (non-hydrogen) atoms. The van der Waals surface area contributed by atoms with E-state index in [1.54, 1.807) is 0 Å².